The van der Waals surface area contributed by atoms with E-state index in [0.717, 1.165) is 16.7 Å². The molecule has 0 saturated carbocycles. The van der Waals surface area contributed by atoms with Crippen LogP contribution in [0.5, 0.6) is 5.75 Å². The summed E-state index contributed by atoms with van der Waals surface area (Å²) in [6.07, 6.45) is 2.39. The van der Waals surface area contributed by atoms with Gasteiger partial charge in [-0.15, -0.1) is 0 Å². The lowest BCUT2D eigenvalue weighted by atomic mass is 9.96. The molecule has 0 radical (unpaired) electrons. The first kappa shape index (κ1) is 72.1. The predicted molar refractivity (Wildman–Crippen MR) is 359 cm³/mol. The number of likely N-dealkylation sites (N-methyl/N-ethyl adjacent to an activating group) is 1. The second kappa shape index (κ2) is 36.8. The Kier molecular flexibility index (Phi) is 27.7. The largest absolute Gasteiger partial charge is 0.508 e. The van der Waals surface area contributed by atoms with Crippen molar-refractivity contribution < 1.29 is 76.2 Å². The fourth-order valence-corrected chi connectivity index (χ4v) is 11.7. The third-order valence-corrected chi connectivity index (χ3v) is 16.6. The van der Waals surface area contributed by atoms with Crippen LogP contribution in [0.2, 0.25) is 10.0 Å². The number of aromatic hydroxyl groups is 1. The summed E-state index contributed by atoms with van der Waals surface area (Å²) in [4.78, 5) is 91.4. The van der Waals surface area contributed by atoms with E-state index in [9.17, 15) is 33.9 Å². The summed E-state index contributed by atoms with van der Waals surface area (Å²) >= 11 is 13.2. The number of hydrogen-bond acceptors (Lipinski definition) is 19. The molecule has 7 amide bonds. The summed E-state index contributed by atoms with van der Waals surface area (Å²) < 4.78 is 61.9. The number of aromatic nitrogens is 2. The number of fused-ring (bicyclic) bond motifs is 3. The smallest absolute Gasteiger partial charge is 0.319 e. The highest BCUT2D eigenvalue weighted by Crippen LogP contribution is 2.42. The van der Waals surface area contributed by atoms with E-state index in [2.05, 4.69) is 32.8 Å². The number of anilines is 3. The van der Waals surface area contributed by atoms with Crippen molar-refractivity contribution >= 4 is 97.9 Å². The molecule has 5 aromatic carbocycles. The average molecular weight is 1370 g/mol. The van der Waals surface area contributed by atoms with Crippen molar-refractivity contribution in [3.05, 3.63) is 130 Å². The van der Waals surface area contributed by atoms with E-state index in [4.69, 9.17) is 66.1 Å². The number of nitrogens with one attached hydrogen (secondary N) is 4. The zero-order valence-electron chi connectivity index (χ0n) is 53.6. The van der Waals surface area contributed by atoms with Crippen LogP contribution < -0.4 is 26.2 Å². The number of amides is 7. The van der Waals surface area contributed by atoms with Gasteiger partial charge in [0.2, 0.25) is 29.6 Å². The van der Waals surface area contributed by atoms with Gasteiger partial charge in [0.1, 0.15) is 23.1 Å². The molecule has 25 nitrogen and oxygen atoms in total. The van der Waals surface area contributed by atoms with Gasteiger partial charge in [-0.2, -0.15) is 4.98 Å². The molecule has 4 heterocycles. The highest BCUT2D eigenvalue weighted by atomic mass is 35.5. The number of phenolic OH excluding ortho intramolecular Hbond substituents is 1. The molecule has 96 heavy (non-hydrogen) atoms. The average Bonchev–Trinajstić information content (AvgIpc) is 1.17. The molecule has 3 aliphatic rings. The Labute approximate surface area is 565 Å². The number of nitrogens with zero attached hydrogens (tertiary/aromatic N) is 6. The molecule has 0 bridgehead atoms. The number of piperidine rings is 1. The number of carbonyl (C=O) groups excluding carboxylic acids is 6. The summed E-state index contributed by atoms with van der Waals surface area (Å²) in [5, 5.41) is 24.0. The van der Waals surface area contributed by atoms with Gasteiger partial charge in [0, 0.05) is 99.5 Å². The molecule has 28 heteroatoms. The van der Waals surface area contributed by atoms with Crippen molar-refractivity contribution in [3.63, 3.8) is 0 Å². The number of urea groups is 1. The lowest BCUT2D eigenvalue weighted by molar-refractivity contribution is -0.137. The first-order chi connectivity index (χ1) is 46.6. The fourth-order valence-electron chi connectivity index (χ4n) is 11.1. The number of rotatable bonds is 38. The molecule has 0 aliphatic carbocycles. The van der Waals surface area contributed by atoms with E-state index < -0.39 is 23.8 Å². The summed E-state index contributed by atoms with van der Waals surface area (Å²) in [5.41, 5.74) is 3.91. The lowest BCUT2D eigenvalue weighted by Crippen LogP contribution is -2.52. The second-order valence-electron chi connectivity index (χ2n) is 22.7. The minimum atomic E-state index is -0.699. The maximum absolute atomic E-state index is 17.0. The van der Waals surface area contributed by atoms with E-state index in [-0.39, 0.29) is 90.3 Å². The van der Waals surface area contributed by atoms with Gasteiger partial charge < -0.3 is 78.6 Å². The van der Waals surface area contributed by atoms with E-state index in [0.29, 0.717) is 189 Å². The third kappa shape index (κ3) is 20.7. The molecule has 514 valence electrons. The summed E-state index contributed by atoms with van der Waals surface area (Å²) in [5.74, 6) is -1.61. The van der Waals surface area contributed by atoms with Crippen molar-refractivity contribution in [2.24, 2.45) is 0 Å². The Balaban J connectivity index is 0.543. The monoisotopic (exact) mass is 1370 g/mol. The number of phenols is 1. The molecule has 6 aromatic rings. The van der Waals surface area contributed by atoms with E-state index in [1.165, 1.54) is 17.0 Å². The fraction of sp³-hybridized carbons (Fsp3) is 0.441. The van der Waals surface area contributed by atoms with Gasteiger partial charge in [0.15, 0.2) is 5.82 Å². The minimum Gasteiger partial charge on any atom is -0.508 e. The maximum atomic E-state index is 17.0. The highest BCUT2D eigenvalue weighted by molar-refractivity contribution is 6.35. The highest BCUT2D eigenvalue weighted by Gasteiger charge is 2.39. The second-order valence-corrected chi connectivity index (χ2v) is 23.6. The standard InChI is InChI=1S/C68H81Cl2FN10O15/c1-3-59(84)79-15-17-80(18-16-79)64-55-42-56(70)61(54-41-51(82)39-47-6-4-5-7-52(47)54)62(71)63(55)76-67(77-64)72-14-12-60(85)78(2)19-21-90-23-25-92-27-29-94-31-33-96-35-34-95-32-30-93-28-26-91-24-22-89-20-13-45-37-49(69)40-50(38-45)74-68(88)73-43-46-8-9-53-48(36-46)44-81(66(53)87)57-10-11-58(83)75-65(57)86/h3-9,36-42,57,82H,1,10-35,43-44H2,2H3,(H,72,76,77)(H2,73,74,88)(H,75,83,86). The molecule has 2 fully saturated rings. The molecule has 5 N–H and O–H groups in total. The Bertz CT molecular complexity index is 3700. The van der Waals surface area contributed by atoms with Crippen LogP contribution in [0, 0.1) is 5.82 Å². The van der Waals surface area contributed by atoms with Gasteiger partial charge in [0.05, 0.1) is 111 Å². The van der Waals surface area contributed by atoms with Gasteiger partial charge in [-0.05, 0) is 94.4 Å². The van der Waals surface area contributed by atoms with Gasteiger partial charge in [-0.3, -0.25) is 29.3 Å². The quantitative estimate of drug-likeness (QED) is 0.0146. The summed E-state index contributed by atoms with van der Waals surface area (Å²) in [7, 11) is 1.69. The summed E-state index contributed by atoms with van der Waals surface area (Å²) in [6, 6.07) is 21.5. The molecular weight excluding hydrogens is 1290 g/mol. The van der Waals surface area contributed by atoms with Gasteiger partial charge in [0.25, 0.3) is 5.91 Å². The van der Waals surface area contributed by atoms with E-state index in [1.807, 2.05) is 47.4 Å². The molecule has 9 rings (SSSR count). The van der Waals surface area contributed by atoms with Crippen molar-refractivity contribution in [1.82, 2.24) is 35.3 Å². The Morgan fingerprint density at radius 1 is 0.740 bits per heavy atom. The van der Waals surface area contributed by atoms with E-state index in [1.54, 1.807) is 47.2 Å². The number of hydrogen-bond donors (Lipinski definition) is 5. The molecular formula is C68H81Cl2FN10O15. The lowest BCUT2D eigenvalue weighted by Gasteiger charge is -2.35. The zero-order valence-corrected chi connectivity index (χ0v) is 55.2. The first-order valence-corrected chi connectivity index (χ1v) is 32.7. The van der Waals surface area contributed by atoms with Gasteiger partial charge >= 0.3 is 6.03 Å². The molecule has 1 aromatic heterocycles. The molecule has 2 saturated heterocycles. The number of imide groups is 1. The third-order valence-electron chi connectivity index (χ3n) is 16.1. The minimum absolute atomic E-state index is 0.00397. The normalized spacial score (nSPS) is 14.7. The van der Waals surface area contributed by atoms with Crippen LogP contribution >= 0.6 is 23.2 Å². The van der Waals surface area contributed by atoms with Crippen LogP contribution in [-0.4, -0.2) is 223 Å². The van der Waals surface area contributed by atoms with Crippen molar-refractivity contribution in [1.29, 1.82) is 0 Å². The zero-order chi connectivity index (χ0) is 67.8. The van der Waals surface area contributed by atoms with Gasteiger partial charge in [-0.1, -0.05) is 66.2 Å². The van der Waals surface area contributed by atoms with Gasteiger partial charge in [-0.25, -0.2) is 14.2 Å². The molecule has 1 atom stereocenters. The topological polar surface area (TPSA) is 283 Å². The Hall–Kier alpha value is -8.15. The van der Waals surface area contributed by atoms with Crippen LogP contribution in [0.15, 0.2) is 91.5 Å². The van der Waals surface area contributed by atoms with Crippen molar-refractivity contribution in [2.45, 2.75) is 44.8 Å². The van der Waals surface area contributed by atoms with Crippen LogP contribution in [0.1, 0.15) is 46.3 Å². The van der Waals surface area contributed by atoms with Crippen LogP contribution in [-0.2, 0) is 76.6 Å². The van der Waals surface area contributed by atoms with Crippen LogP contribution in [0.25, 0.3) is 32.8 Å². The van der Waals surface area contributed by atoms with Crippen molar-refractivity contribution in [3.8, 4) is 16.9 Å². The molecule has 0 spiro atoms. The number of ether oxygens (including phenoxy) is 8. The Morgan fingerprint density at radius 3 is 2.02 bits per heavy atom. The number of carbonyl (C=O) groups is 6. The number of benzene rings is 5. The first-order valence-electron chi connectivity index (χ1n) is 31.9. The molecule has 3 aliphatic heterocycles. The van der Waals surface area contributed by atoms with Crippen molar-refractivity contribution in [2.75, 3.05) is 168 Å². The SMILES string of the molecule is C=CC(=O)N1CCN(c2nc(NCCC(=O)N(C)CCOCCOCCOCCOCCOCCOCCOCCOCCc3cc(Cl)cc(NC(=O)NCc4ccc5c(c4)CN(C4CCC(=O)NC4=O)C5=O)c3)nc3c(F)c(-c4cc(O)cc5ccccc45)c(Cl)cc23)CC1. The van der Waals surface area contributed by atoms with E-state index >= 15 is 4.39 Å². The Morgan fingerprint density at radius 2 is 1.38 bits per heavy atom. The van der Waals surface area contributed by atoms with Crippen LogP contribution in [0.3, 0.4) is 0 Å². The van der Waals surface area contributed by atoms with Crippen LogP contribution in [0.4, 0.5) is 26.6 Å². The summed E-state index contributed by atoms with van der Waals surface area (Å²) in [6.45, 7) is 12.4. The number of piperazine rings is 1. The maximum Gasteiger partial charge on any atom is 0.319 e. The number of halogens is 3. The molecule has 1 unspecified atom stereocenters. The predicted octanol–water partition coefficient (Wildman–Crippen LogP) is 7.15.